The van der Waals surface area contributed by atoms with Crippen molar-refractivity contribution in [2.45, 2.75) is 84.2 Å². The summed E-state index contributed by atoms with van der Waals surface area (Å²) >= 11 is 0. The van der Waals surface area contributed by atoms with Crippen LogP contribution < -0.4 is 0 Å². The summed E-state index contributed by atoms with van der Waals surface area (Å²) in [5.41, 5.74) is 0. The summed E-state index contributed by atoms with van der Waals surface area (Å²) in [6, 6.07) is 0. The number of rotatable bonds is 13. The van der Waals surface area contributed by atoms with Crippen LogP contribution in [0.3, 0.4) is 0 Å². The molecule has 42 heavy (non-hydrogen) atoms. The summed E-state index contributed by atoms with van der Waals surface area (Å²) < 4.78 is 330. The van der Waals surface area contributed by atoms with Gasteiger partial charge < -0.3 is 0 Å². The molecule has 0 unspecified atom stereocenters. The van der Waals surface area contributed by atoms with Crippen LogP contribution in [-0.4, -0.2) is 71.3 Å². The fraction of sp³-hybridized carbons (Fsp3) is 0.824. The van der Waals surface area contributed by atoms with E-state index in [4.69, 9.17) is 0 Å². The molecule has 25 heteroatoms. The highest BCUT2D eigenvalue weighted by Gasteiger charge is 2.91. The average molecular weight is 687 g/mol. The highest BCUT2D eigenvalue weighted by atomic mass is 19.4. The summed E-state index contributed by atoms with van der Waals surface area (Å²) in [6.07, 6.45) is -18.0. The van der Waals surface area contributed by atoms with Gasteiger partial charge in [-0.1, -0.05) is 6.92 Å². The Hall–Kier alpha value is -2.01. The van der Waals surface area contributed by atoms with Crippen LogP contribution in [0.4, 0.5) is 110 Å². The van der Waals surface area contributed by atoms with Gasteiger partial charge in [0.15, 0.2) is 0 Å². The predicted octanol–water partition coefficient (Wildman–Crippen LogP) is 9.71. The van der Waals surface area contributed by atoms with Gasteiger partial charge in [-0.3, -0.25) is 0 Å². The maximum Gasteiger partial charge on any atom is 0.460 e. The molecule has 0 saturated heterocycles. The number of alkyl halides is 25. The summed E-state index contributed by atoms with van der Waals surface area (Å²) in [5, 5.41) is 0. The molecule has 0 saturated carbocycles. The van der Waals surface area contributed by atoms with Crippen molar-refractivity contribution < 1.29 is 110 Å². The molecular weight excluding hydrogens is 679 g/mol. The van der Waals surface area contributed by atoms with Crippen LogP contribution in [0.5, 0.6) is 0 Å². The average Bonchev–Trinajstić information content (AvgIpc) is 2.75. The van der Waals surface area contributed by atoms with Crippen molar-refractivity contribution in [2.24, 2.45) is 0 Å². The second-order valence-electron chi connectivity index (χ2n) is 7.98. The van der Waals surface area contributed by atoms with Crippen molar-refractivity contribution in [1.82, 2.24) is 0 Å². The van der Waals surface area contributed by atoms with Gasteiger partial charge >= 0.3 is 71.3 Å². The Morgan fingerprint density at radius 3 is 0.810 bits per heavy atom. The van der Waals surface area contributed by atoms with Crippen LogP contribution in [0.25, 0.3) is 0 Å². The van der Waals surface area contributed by atoms with Gasteiger partial charge in [0.2, 0.25) is 0 Å². The van der Waals surface area contributed by atoms with Gasteiger partial charge in [-0.25, -0.2) is 0 Å². The van der Waals surface area contributed by atoms with Crippen molar-refractivity contribution in [2.75, 3.05) is 0 Å². The van der Waals surface area contributed by atoms with Crippen LogP contribution in [0.2, 0.25) is 0 Å². The minimum absolute atomic E-state index is 1.54. The molecule has 1 radical (unpaired) electrons. The van der Waals surface area contributed by atoms with Crippen LogP contribution in [0, 0.1) is 6.92 Å². The molecule has 0 rings (SSSR count). The lowest BCUT2D eigenvalue weighted by molar-refractivity contribution is -0.436. The molecule has 0 aliphatic rings. The predicted molar refractivity (Wildman–Crippen MR) is 84.2 cm³/mol. The Bertz CT molecular complexity index is 979. The van der Waals surface area contributed by atoms with Crippen molar-refractivity contribution in [3.05, 3.63) is 19.1 Å². The molecule has 0 nitrogen and oxygen atoms in total. The molecule has 0 amide bonds. The summed E-state index contributed by atoms with van der Waals surface area (Å²) in [6.45, 7) is 2.39. The third-order valence-corrected chi connectivity index (χ3v) is 5.01. The zero-order chi connectivity index (χ0) is 34.8. The molecule has 0 aliphatic carbocycles. The van der Waals surface area contributed by atoms with Gasteiger partial charge in [0.1, 0.15) is 0 Å². The minimum atomic E-state index is -8.70. The normalized spacial score (nSPS) is 16.9. The van der Waals surface area contributed by atoms with Gasteiger partial charge in [-0.15, -0.1) is 0 Å². The fourth-order valence-electron chi connectivity index (χ4n) is 2.41. The van der Waals surface area contributed by atoms with E-state index in [2.05, 4.69) is 6.92 Å². The highest BCUT2D eigenvalue weighted by Crippen LogP contribution is 2.63. The monoisotopic (exact) mass is 687 g/mol. The Balaban J connectivity index is 6.91. The Morgan fingerprint density at radius 2 is 0.571 bits per heavy atom. The zero-order valence-corrected chi connectivity index (χ0v) is 18.7. The minimum Gasteiger partial charge on any atom is -0.200 e. The van der Waals surface area contributed by atoms with Crippen molar-refractivity contribution in [3.8, 4) is 0 Å². The third-order valence-electron chi connectivity index (χ3n) is 5.01. The first-order chi connectivity index (χ1) is 17.8. The van der Waals surface area contributed by atoms with Crippen LogP contribution in [0.1, 0.15) is 12.8 Å². The van der Waals surface area contributed by atoms with E-state index in [-0.39, 0.29) is 0 Å². The number of hydrogen-bond donors (Lipinski definition) is 0. The van der Waals surface area contributed by atoms with Crippen LogP contribution >= 0.6 is 0 Å². The number of halogens is 25. The third kappa shape index (κ3) is 5.30. The molecule has 0 atom stereocenters. The molecule has 0 aromatic rings. The van der Waals surface area contributed by atoms with E-state index in [0.717, 1.165) is 0 Å². The summed E-state index contributed by atoms with van der Waals surface area (Å²) in [5.74, 6) is -89.1. The first-order valence-electron chi connectivity index (χ1n) is 9.49. The van der Waals surface area contributed by atoms with Crippen molar-refractivity contribution in [3.63, 3.8) is 0 Å². The molecule has 0 aromatic carbocycles. The SMILES string of the molecule is [CH2]CCC(F)(F)C(F)(F)C(F)(F)C(F)(F)C(F)(F)C(F)(F)/C=C/C(F)(F)C(F)(F)C(F)(F)C(F)(F)C(F)(F)C(F)(F)F. The van der Waals surface area contributed by atoms with E-state index in [1.54, 1.807) is 0 Å². The lowest BCUT2D eigenvalue weighted by Crippen LogP contribution is -2.70. The number of allylic oxidation sites excluding steroid dienone is 2. The summed E-state index contributed by atoms with van der Waals surface area (Å²) in [7, 11) is 0. The topological polar surface area (TPSA) is 0 Å². The van der Waals surface area contributed by atoms with Crippen LogP contribution in [0.15, 0.2) is 12.2 Å². The molecule has 0 fully saturated rings. The maximum absolute atomic E-state index is 13.6. The first-order valence-corrected chi connectivity index (χ1v) is 9.49. The second-order valence-corrected chi connectivity index (χ2v) is 7.98. The highest BCUT2D eigenvalue weighted by molar-refractivity contribution is 5.20. The quantitative estimate of drug-likeness (QED) is 0.134. The Morgan fingerprint density at radius 1 is 0.333 bits per heavy atom. The summed E-state index contributed by atoms with van der Waals surface area (Å²) in [4.78, 5) is 0. The van der Waals surface area contributed by atoms with Crippen LogP contribution in [-0.2, 0) is 0 Å². The Labute approximate surface area is 214 Å². The van der Waals surface area contributed by atoms with Gasteiger partial charge in [-0.05, 0) is 18.6 Å². The molecule has 251 valence electrons. The van der Waals surface area contributed by atoms with Gasteiger partial charge in [0.25, 0.3) is 0 Å². The van der Waals surface area contributed by atoms with E-state index in [0.29, 0.717) is 0 Å². The molecule has 0 aromatic heterocycles. The first kappa shape index (κ1) is 40.0. The standard InChI is InChI=1S/C17H8F25/c1-2-3-6(18,19)9(24,25)12(30,31)13(32,33)10(26,27)7(20,21)4-5-8(22,23)11(28,29)14(34,35)15(36,37)16(38,39)17(40,41)42/h4-5H,1-3H2/b5-4+. The molecule has 0 N–H and O–H groups in total. The van der Waals surface area contributed by atoms with Crippen molar-refractivity contribution >= 4 is 0 Å². The van der Waals surface area contributed by atoms with Gasteiger partial charge in [-0.2, -0.15) is 110 Å². The van der Waals surface area contributed by atoms with E-state index < -0.39 is 96.3 Å². The largest absolute Gasteiger partial charge is 0.460 e. The van der Waals surface area contributed by atoms with Crippen molar-refractivity contribution in [1.29, 1.82) is 0 Å². The number of hydrogen-bond acceptors (Lipinski definition) is 0. The van der Waals surface area contributed by atoms with Gasteiger partial charge in [0, 0.05) is 6.42 Å². The molecule has 0 heterocycles. The van der Waals surface area contributed by atoms with E-state index in [1.807, 2.05) is 0 Å². The maximum atomic E-state index is 13.6. The lowest BCUT2D eigenvalue weighted by Gasteiger charge is -2.41. The van der Waals surface area contributed by atoms with E-state index in [1.165, 1.54) is 0 Å². The smallest absolute Gasteiger partial charge is 0.200 e. The molecular formula is C17H8F25. The van der Waals surface area contributed by atoms with E-state index >= 15 is 0 Å². The molecule has 0 bridgehead atoms. The second kappa shape index (κ2) is 10.3. The molecule has 0 aliphatic heterocycles. The zero-order valence-electron chi connectivity index (χ0n) is 18.7. The van der Waals surface area contributed by atoms with E-state index in [9.17, 15) is 110 Å². The van der Waals surface area contributed by atoms with Gasteiger partial charge in [0.05, 0.1) is 0 Å². The lowest BCUT2D eigenvalue weighted by atomic mass is 9.89. The molecule has 0 spiro atoms. The Kier molecular flexibility index (Phi) is 9.79. The fourth-order valence-corrected chi connectivity index (χ4v) is 2.41.